The molecule has 440 valence electrons. The van der Waals surface area contributed by atoms with Crippen molar-refractivity contribution in [3.8, 4) is 0 Å². The minimum Gasteiger partial charge on any atom is -0.462 e. The molecule has 0 spiro atoms. The fourth-order valence-electron chi connectivity index (χ4n) is 8.88. The number of unbranched alkanes of at least 4 members (excludes halogenated alkanes) is 29. The van der Waals surface area contributed by atoms with E-state index in [1.807, 2.05) is 0 Å². The second-order valence-corrected chi connectivity index (χ2v) is 21.3. The van der Waals surface area contributed by atoms with Gasteiger partial charge in [0.2, 0.25) is 0 Å². The van der Waals surface area contributed by atoms with Crippen LogP contribution >= 0.6 is 0 Å². The molecule has 0 amide bonds. The SMILES string of the molecule is CC/C=C\C/C=C\C/C=C\C/C=C\C/C=C\C/C=C\CCCCC(=O)OCC(COC(=O)CCCCCCCCCCC/C=C\CCCCCCCC)OC(=O)CCCCCCCCCCC/C=C\C/C=C\CCCCC. The summed E-state index contributed by atoms with van der Waals surface area (Å²) in [4.78, 5) is 38.4. The lowest BCUT2D eigenvalue weighted by Crippen LogP contribution is -2.30. The summed E-state index contributed by atoms with van der Waals surface area (Å²) in [5, 5.41) is 0. The predicted octanol–water partition coefficient (Wildman–Crippen LogP) is 22.2. The Bertz CT molecular complexity index is 1560. The monoisotopic (exact) mass is 1070 g/mol. The van der Waals surface area contributed by atoms with Gasteiger partial charge in [-0.15, -0.1) is 0 Å². The van der Waals surface area contributed by atoms with Gasteiger partial charge < -0.3 is 14.2 Å². The first-order valence-corrected chi connectivity index (χ1v) is 32.4. The molecule has 0 aliphatic carbocycles. The van der Waals surface area contributed by atoms with E-state index in [0.717, 1.165) is 103 Å². The molecule has 0 aliphatic heterocycles. The number of hydrogen-bond donors (Lipinski definition) is 0. The van der Waals surface area contributed by atoms with Gasteiger partial charge in [-0.25, -0.2) is 0 Å². The molecule has 0 radical (unpaired) electrons. The van der Waals surface area contributed by atoms with Gasteiger partial charge in [-0.1, -0.05) is 265 Å². The third kappa shape index (κ3) is 62.8. The van der Waals surface area contributed by atoms with Gasteiger partial charge >= 0.3 is 17.9 Å². The van der Waals surface area contributed by atoms with Crippen molar-refractivity contribution in [2.75, 3.05) is 13.2 Å². The quantitative estimate of drug-likeness (QED) is 0.0261. The fourth-order valence-corrected chi connectivity index (χ4v) is 8.88. The summed E-state index contributed by atoms with van der Waals surface area (Å²) in [5.74, 6) is -0.938. The molecule has 6 nitrogen and oxygen atoms in total. The molecular weight excluding hydrogens is 949 g/mol. The molecule has 0 aliphatic rings. The smallest absolute Gasteiger partial charge is 0.306 e. The predicted molar refractivity (Wildman–Crippen MR) is 334 cm³/mol. The van der Waals surface area contributed by atoms with Crippen molar-refractivity contribution < 1.29 is 28.6 Å². The number of esters is 3. The van der Waals surface area contributed by atoms with Crippen LogP contribution in [0.1, 0.15) is 303 Å². The number of hydrogen-bond acceptors (Lipinski definition) is 6. The summed E-state index contributed by atoms with van der Waals surface area (Å²) in [5.41, 5.74) is 0. The molecule has 1 atom stereocenters. The molecule has 0 aromatic heterocycles. The van der Waals surface area contributed by atoms with E-state index in [4.69, 9.17) is 14.2 Å². The zero-order valence-electron chi connectivity index (χ0n) is 50.4. The Labute approximate surface area is 476 Å². The van der Waals surface area contributed by atoms with Crippen molar-refractivity contribution in [3.63, 3.8) is 0 Å². The molecule has 0 saturated carbocycles. The first kappa shape index (κ1) is 73.1. The Morgan fingerprint density at radius 1 is 0.273 bits per heavy atom. The highest BCUT2D eigenvalue weighted by Gasteiger charge is 2.19. The second kappa shape index (κ2) is 64.6. The maximum Gasteiger partial charge on any atom is 0.306 e. The molecule has 1 unspecified atom stereocenters. The number of carbonyl (C=O) groups is 3. The summed E-state index contributed by atoms with van der Waals surface area (Å²) >= 11 is 0. The maximum absolute atomic E-state index is 12.9. The molecule has 0 heterocycles. The van der Waals surface area contributed by atoms with Crippen LogP contribution in [0.4, 0.5) is 0 Å². The number of rotatable bonds is 58. The van der Waals surface area contributed by atoms with Crippen LogP contribution in [-0.4, -0.2) is 37.2 Å². The lowest BCUT2D eigenvalue weighted by Gasteiger charge is -2.18. The Balaban J connectivity index is 4.47. The van der Waals surface area contributed by atoms with Gasteiger partial charge in [0.25, 0.3) is 0 Å². The van der Waals surface area contributed by atoms with Crippen LogP contribution in [0.3, 0.4) is 0 Å². The van der Waals surface area contributed by atoms with Crippen molar-refractivity contribution in [2.24, 2.45) is 0 Å². The van der Waals surface area contributed by atoms with E-state index in [-0.39, 0.29) is 31.1 Å². The highest BCUT2D eigenvalue weighted by atomic mass is 16.6. The Kier molecular flexibility index (Phi) is 61.3. The Morgan fingerprint density at radius 2 is 0.506 bits per heavy atom. The largest absolute Gasteiger partial charge is 0.462 e. The lowest BCUT2D eigenvalue weighted by atomic mass is 10.1. The molecular formula is C71H120O6. The molecule has 0 bridgehead atoms. The molecule has 0 fully saturated rings. The van der Waals surface area contributed by atoms with Crippen LogP contribution in [0.25, 0.3) is 0 Å². The Morgan fingerprint density at radius 3 is 0.857 bits per heavy atom. The van der Waals surface area contributed by atoms with E-state index in [1.54, 1.807) is 0 Å². The van der Waals surface area contributed by atoms with Crippen molar-refractivity contribution in [3.05, 3.63) is 109 Å². The summed E-state index contributed by atoms with van der Waals surface area (Å²) in [6.45, 7) is 6.48. The zero-order valence-corrected chi connectivity index (χ0v) is 50.4. The van der Waals surface area contributed by atoms with Gasteiger partial charge in [0, 0.05) is 19.3 Å². The van der Waals surface area contributed by atoms with E-state index < -0.39 is 6.10 Å². The van der Waals surface area contributed by atoms with Gasteiger partial charge in [-0.3, -0.25) is 14.4 Å². The summed E-state index contributed by atoms with van der Waals surface area (Å²) in [7, 11) is 0. The van der Waals surface area contributed by atoms with E-state index in [1.165, 1.54) is 161 Å². The normalized spacial score (nSPS) is 12.8. The summed E-state index contributed by atoms with van der Waals surface area (Å²) < 4.78 is 16.9. The third-order valence-corrected chi connectivity index (χ3v) is 13.7. The van der Waals surface area contributed by atoms with E-state index in [0.29, 0.717) is 19.3 Å². The van der Waals surface area contributed by atoms with Crippen molar-refractivity contribution in [1.29, 1.82) is 0 Å². The van der Waals surface area contributed by atoms with Crippen molar-refractivity contribution >= 4 is 17.9 Å². The molecule has 0 aromatic rings. The fraction of sp³-hybridized carbons (Fsp3) is 0.704. The number of allylic oxidation sites excluding steroid dienone is 18. The first-order valence-electron chi connectivity index (χ1n) is 32.4. The summed E-state index contributed by atoms with van der Waals surface area (Å²) in [6, 6.07) is 0. The van der Waals surface area contributed by atoms with E-state index in [2.05, 4.69) is 130 Å². The highest BCUT2D eigenvalue weighted by Crippen LogP contribution is 2.16. The minimum atomic E-state index is -0.803. The molecule has 0 N–H and O–H groups in total. The minimum absolute atomic E-state index is 0.0950. The number of ether oxygens (including phenoxy) is 3. The molecule has 6 heteroatoms. The average molecular weight is 1070 g/mol. The Hall–Kier alpha value is -3.93. The van der Waals surface area contributed by atoms with Gasteiger partial charge in [-0.05, 0) is 128 Å². The highest BCUT2D eigenvalue weighted by molar-refractivity contribution is 5.71. The van der Waals surface area contributed by atoms with Crippen LogP contribution in [0.5, 0.6) is 0 Å². The van der Waals surface area contributed by atoms with Crippen molar-refractivity contribution in [2.45, 2.75) is 309 Å². The molecule has 0 rings (SSSR count). The van der Waals surface area contributed by atoms with Gasteiger partial charge in [0.1, 0.15) is 13.2 Å². The zero-order chi connectivity index (χ0) is 55.7. The second-order valence-electron chi connectivity index (χ2n) is 21.3. The average Bonchev–Trinajstić information content (AvgIpc) is 3.43. The van der Waals surface area contributed by atoms with E-state index in [9.17, 15) is 14.4 Å². The summed E-state index contributed by atoms with van der Waals surface area (Å²) in [6.07, 6.45) is 88.0. The van der Waals surface area contributed by atoms with Crippen molar-refractivity contribution in [1.82, 2.24) is 0 Å². The molecule has 0 saturated heterocycles. The van der Waals surface area contributed by atoms with Gasteiger partial charge in [0.15, 0.2) is 6.10 Å². The standard InChI is InChI=1S/C71H120O6/c1-4-7-10-13-16-19-22-25-28-31-34-35-38-40-43-46-49-52-55-58-61-64-70(73)76-67-68(77-71(74)65-62-59-56-53-50-47-44-41-37-33-30-27-24-21-18-15-12-9-6-3)66-75-69(72)63-60-57-54-51-48-45-42-39-36-32-29-26-23-20-17-14-11-8-5-2/h7,10,16,18-19,21,25-30,34-35,40,43,49,52,68H,4-6,8-9,11-15,17,20,22-24,31-33,36-39,41-42,44-48,50-51,53-67H2,1-3H3/b10-7-,19-16-,21-18-,28-25-,29-26-,30-27-,35-34-,43-40-,52-49-. The lowest BCUT2D eigenvalue weighted by molar-refractivity contribution is -0.167. The molecule has 0 aromatic carbocycles. The number of carbonyl (C=O) groups excluding carboxylic acids is 3. The topological polar surface area (TPSA) is 78.9 Å². The van der Waals surface area contributed by atoms with Crippen LogP contribution in [0, 0.1) is 0 Å². The van der Waals surface area contributed by atoms with Crippen LogP contribution in [0.2, 0.25) is 0 Å². The first-order chi connectivity index (χ1) is 38.0. The maximum atomic E-state index is 12.9. The van der Waals surface area contributed by atoms with Crippen LogP contribution in [0.15, 0.2) is 109 Å². The van der Waals surface area contributed by atoms with E-state index >= 15 is 0 Å². The van der Waals surface area contributed by atoms with Crippen LogP contribution < -0.4 is 0 Å². The molecule has 77 heavy (non-hydrogen) atoms. The third-order valence-electron chi connectivity index (χ3n) is 13.7. The van der Waals surface area contributed by atoms with Crippen LogP contribution in [-0.2, 0) is 28.6 Å². The van der Waals surface area contributed by atoms with Gasteiger partial charge in [-0.2, -0.15) is 0 Å². The van der Waals surface area contributed by atoms with Gasteiger partial charge in [0.05, 0.1) is 0 Å².